The van der Waals surface area contributed by atoms with Crippen LogP contribution in [0.15, 0.2) is 12.3 Å². The molecular weight excluding hydrogens is 507 g/mol. The lowest BCUT2D eigenvalue weighted by molar-refractivity contribution is -0.142. The Morgan fingerprint density at radius 1 is 1.32 bits per heavy atom. The van der Waals surface area contributed by atoms with Gasteiger partial charge in [-0.2, -0.15) is 13.2 Å². The minimum Gasteiger partial charge on any atom is -0.388 e. The molecule has 2 aromatic heterocycles. The zero-order valence-electron chi connectivity index (χ0n) is 21.9. The molecule has 1 saturated heterocycles. The van der Waals surface area contributed by atoms with Crippen molar-refractivity contribution in [2.45, 2.75) is 90.7 Å². The molecule has 0 bridgehead atoms. The van der Waals surface area contributed by atoms with E-state index in [1.165, 1.54) is 19.2 Å². The van der Waals surface area contributed by atoms with E-state index in [0.717, 1.165) is 24.2 Å². The Balaban J connectivity index is 2.01. The first kappa shape index (κ1) is 28.8. The first-order valence-electron chi connectivity index (χ1n) is 12.3. The number of halogens is 3. The Bertz CT molecular complexity index is 1150. The molecular formula is C25H34F3N5O3S. The number of hydrogen-bond acceptors (Lipinski definition) is 7. The fraction of sp³-hybridized carbons (Fsp3) is 0.600. The van der Waals surface area contributed by atoms with Crippen molar-refractivity contribution < 1.29 is 27.9 Å². The number of nitrogens with zero attached hydrogens (tertiary/aromatic N) is 3. The number of amides is 2. The maximum absolute atomic E-state index is 13.5. The first-order chi connectivity index (χ1) is 17.1. The van der Waals surface area contributed by atoms with Gasteiger partial charge in [-0.05, 0) is 65.5 Å². The number of thiazole rings is 1. The molecule has 3 atom stereocenters. The van der Waals surface area contributed by atoms with E-state index in [1.54, 1.807) is 32.6 Å². The third kappa shape index (κ3) is 6.59. The van der Waals surface area contributed by atoms with E-state index in [9.17, 15) is 27.9 Å². The van der Waals surface area contributed by atoms with Crippen molar-refractivity contribution in [3.05, 3.63) is 28.5 Å². The summed E-state index contributed by atoms with van der Waals surface area (Å²) in [5.74, 6) is -0.780. The van der Waals surface area contributed by atoms with Crippen LogP contribution >= 0.6 is 11.3 Å². The normalized spacial score (nSPS) is 18.0. The summed E-state index contributed by atoms with van der Waals surface area (Å²) < 4.78 is 39.7. The average molecular weight is 542 g/mol. The van der Waals surface area contributed by atoms with Gasteiger partial charge in [-0.25, -0.2) is 9.97 Å². The maximum atomic E-state index is 13.5. The number of aryl methyl sites for hydroxylation is 1. The predicted octanol–water partition coefficient (Wildman–Crippen LogP) is 4.78. The zero-order chi connectivity index (χ0) is 27.7. The molecule has 8 nitrogen and oxygen atoms in total. The summed E-state index contributed by atoms with van der Waals surface area (Å²) in [6, 6.07) is -0.810. The summed E-state index contributed by atoms with van der Waals surface area (Å²) in [7, 11) is 0. The van der Waals surface area contributed by atoms with Crippen molar-refractivity contribution in [3.63, 3.8) is 0 Å². The average Bonchev–Trinajstić information content (AvgIpc) is 3.42. The molecule has 0 unspecified atom stereocenters. The van der Waals surface area contributed by atoms with Crippen molar-refractivity contribution in [1.29, 1.82) is 0 Å². The molecule has 3 rings (SSSR count). The summed E-state index contributed by atoms with van der Waals surface area (Å²) in [5, 5.41) is 15.4. The summed E-state index contributed by atoms with van der Waals surface area (Å²) >= 11 is 1.01. The summed E-state index contributed by atoms with van der Waals surface area (Å²) in [6.07, 6.45) is -1.45. The van der Waals surface area contributed by atoms with Gasteiger partial charge in [0.05, 0.1) is 16.5 Å². The molecule has 1 aliphatic rings. The van der Waals surface area contributed by atoms with Gasteiger partial charge in [0.15, 0.2) is 5.01 Å². The molecule has 204 valence electrons. The Morgan fingerprint density at radius 3 is 2.51 bits per heavy atom. The highest BCUT2D eigenvalue weighted by Gasteiger charge is 2.38. The van der Waals surface area contributed by atoms with Crippen molar-refractivity contribution >= 4 is 29.0 Å². The second-order valence-corrected chi connectivity index (χ2v) is 11.1. The van der Waals surface area contributed by atoms with Gasteiger partial charge < -0.3 is 20.6 Å². The van der Waals surface area contributed by atoms with Gasteiger partial charge in [0.2, 0.25) is 0 Å². The molecule has 37 heavy (non-hydrogen) atoms. The van der Waals surface area contributed by atoms with Crippen LogP contribution in [-0.4, -0.2) is 68.2 Å². The molecule has 2 amide bonds. The lowest BCUT2D eigenvalue weighted by atomic mass is 10.0. The molecule has 1 aliphatic heterocycles. The summed E-state index contributed by atoms with van der Waals surface area (Å²) in [6.45, 7) is 10.5. The van der Waals surface area contributed by atoms with E-state index in [1.807, 2.05) is 6.92 Å². The second kappa shape index (κ2) is 10.9. The van der Waals surface area contributed by atoms with Gasteiger partial charge >= 0.3 is 6.18 Å². The number of carbonyl (C=O) groups is 2. The number of alkyl halides is 3. The number of carbonyl (C=O) groups excluding carboxylic acids is 2. The Morgan fingerprint density at radius 2 is 2.00 bits per heavy atom. The number of pyridine rings is 1. The van der Waals surface area contributed by atoms with E-state index in [4.69, 9.17) is 0 Å². The Kier molecular flexibility index (Phi) is 8.53. The van der Waals surface area contributed by atoms with Crippen molar-refractivity contribution in [2.75, 3.05) is 11.9 Å². The van der Waals surface area contributed by atoms with Crippen LogP contribution in [0.4, 0.5) is 19.0 Å². The lowest BCUT2D eigenvalue weighted by Gasteiger charge is -2.26. The number of likely N-dealkylation sites (tertiary alicyclic amines) is 1. The van der Waals surface area contributed by atoms with E-state index < -0.39 is 29.8 Å². The van der Waals surface area contributed by atoms with E-state index in [-0.39, 0.29) is 34.9 Å². The highest BCUT2D eigenvalue weighted by atomic mass is 32.1. The van der Waals surface area contributed by atoms with Crippen molar-refractivity contribution in [1.82, 2.24) is 20.2 Å². The number of rotatable bonds is 8. The number of nitrogens with one attached hydrogen (secondary N) is 2. The molecule has 3 N–H and O–H groups in total. The van der Waals surface area contributed by atoms with Crippen LogP contribution in [0.25, 0.3) is 10.4 Å². The van der Waals surface area contributed by atoms with Crippen LogP contribution in [0.2, 0.25) is 0 Å². The van der Waals surface area contributed by atoms with Gasteiger partial charge in [0, 0.05) is 24.3 Å². The summed E-state index contributed by atoms with van der Waals surface area (Å²) in [4.78, 5) is 37.2. The molecule has 3 heterocycles. The molecule has 1 fully saturated rings. The monoisotopic (exact) mass is 541 g/mol. The number of hydrogen-bond donors (Lipinski definition) is 3. The number of aliphatic hydroxyl groups is 1. The lowest BCUT2D eigenvalue weighted by Crippen LogP contribution is -2.47. The minimum atomic E-state index is -4.42. The van der Waals surface area contributed by atoms with Crippen LogP contribution in [-0.2, 0) is 0 Å². The van der Waals surface area contributed by atoms with E-state index >= 15 is 0 Å². The van der Waals surface area contributed by atoms with Gasteiger partial charge in [0.25, 0.3) is 11.8 Å². The third-order valence-corrected chi connectivity index (χ3v) is 7.81. The maximum Gasteiger partial charge on any atom is 0.408 e. The quantitative estimate of drug-likeness (QED) is 0.444. The van der Waals surface area contributed by atoms with Crippen molar-refractivity contribution in [2.24, 2.45) is 0 Å². The van der Waals surface area contributed by atoms with E-state index in [2.05, 4.69) is 20.6 Å². The highest BCUT2D eigenvalue weighted by molar-refractivity contribution is 7.17. The third-order valence-electron chi connectivity index (χ3n) is 6.73. The fourth-order valence-electron chi connectivity index (χ4n) is 4.02. The first-order valence-corrected chi connectivity index (χ1v) is 13.1. The van der Waals surface area contributed by atoms with Gasteiger partial charge in [-0.1, -0.05) is 6.92 Å². The predicted molar refractivity (Wildman–Crippen MR) is 137 cm³/mol. The number of anilines is 1. The molecule has 0 spiro atoms. The zero-order valence-corrected chi connectivity index (χ0v) is 22.7. The highest BCUT2D eigenvalue weighted by Crippen LogP contribution is 2.36. The van der Waals surface area contributed by atoms with Crippen LogP contribution in [0.3, 0.4) is 0 Å². The largest absolute Gasteiger partial charge is 0.408 e. The minimum absolute atomic E-state index is 0.0219. The number of aromatic nitrogens is 2. The van der Waals surface area contributed by atoms with Crippen LogP contribution < -0.4 is 10.6 Å². The van der Waals surface area contributed by atoms with Gasteiger partial charge in [-0.15, -0.1) is 11.3 Å². The molecule has 0 aliphatic carbocycles. The summed E-state index contributed by atoms with van der Waals surface area (Å²) in [5.41, 5.74) is 0.0220. The Hall–Kier alpha value is -2.73. The van der Waals surface area contributed by atoms with Crippen LogP contribution in [0.5, 0.6) is 0 Å². The van der Waals surface area contributed by atoms with Crippen LogP contribution in [0, 0.1) is 6.92 Å². The Labute approximate surface area is 218 Å². The molecule has 2 aromatic rings. The molecule has 12 heteroatoms. The van der Waals surface area contributed by atoms with E-state index in [0.29, 0.717) is 22.5 Å². The fourth-order valence-corrected chi connectivity index (χ4v) is 5.05. The van der Waals surface area contributed by atoms with Crippen LogP contribution in [0.1, 0.15) is 79.7 Å². The molecule has 0 saturated carbocycles. The standard InChI is InChI=1S/C25H34F3N5O3S/c1-7-17(25(26,27)28)31-18-11-13(2)16(12-29-18)20-19(23(35)33-10-8-9-14(33)3)32-22(37-20)21(34)30-15(4)24(5,6)36/h11-12,14-15,17,36H,7-10H2,1-6H3,(H,29,31)(H,30,34)/t14-,15-,17-/m0/s1. The smallest absolute Gasteiger partial charge is 0.388 e. The van der Waals surface area contributed by atoms with Gasteiger partial charge in [0.1, 0.15) is 17.6 Å². The SMILES string of the molecule is CC[C@H](Nc1cc(C)c(-c2sc(C(=O)N[C@@H](C)C(C)(C)O)nc2C(=O)N2CCC[C@@H]2C)cn1)C(F)(F)F. The molecule has 0 radical (unpaired) electrons. The van der Waals surface area contributed by atoms with Crippen molar-refractivity contribution in [3.8, 4) is 10.4 Å². The topological polar surface area (TPSA) is 107 Å². The second-order valence-electron chi connectivity index (χ2n) is 10.1. The van der Waals surface area contributed by atoms with Gasteiger partial charge in [-0.3, -0.25) is 9.59 Å². The molecule has 0 aromatic carbocycles.